The first-order valence-electron chi connectivity index (χ1n) is 10.4. The second kappa shape index (κ2) is 9.25. The lowest BCUT2D eigenvalue weighted by Crippen LogP contribution is -2.53. The predicted molar refractivity (Wildman–Crippen MR) is 119 cm³/mol. The van der Waals surface area contributed by atoms with E-state index in [9.17, 15) is 0 Å². The molecule has 4 rings (SSSR count). The second-order valence-corrected chi connectivity index (χ2v) is 7.89. The molecule has 0 saturated carbocycles. The maximum atomic E-state index is 5.58. The molecule has 0 N–H and O–H groups in total. The highest BCUT2D eigenvalue weighted by Crippen LogP contribution is 2.33. The van der Waals surface area contributed by atoms with Crippen LogP contribution in [0.25, 0.3) is 0 Å². The maximum absolute atomic E-state index is 5.58. The number of hydrogen-bond acceptors (Lipinski definition) is 3. The molecular formula is C26H30N2O. The van der Waals surface area contributed by atoms with Gasteiger partial charge in [-0.2, -0.15) is 0 Å². The van der Waals surface area contributed by atoms with Gasteiger partial charge in [-0.05, 0) is 24.2 Å². The molecule has 150 valence electrons. The highest BCUT2D eigenvalue weighted by atomic mass is 16.5. The number of ether oxygens (including phenoxy) is 1. The van der Waals surface area contributed by atoms with E-state index in [1.807, 2.05) is 6.07 Å². The van der Waals surface area contributed by atoms with Crippen LogP contribution in [0.15, 0.2) is 84.9 Å². The largest absolute Gasteiger partial charge is 0.496 e. The first-order valence-corrected chi connectivity index (χ1v) is 10.4. The van der Waals surface area contributed by atoms with Gasteiger partial charge in [0.25, 0.3) is 0 Å². The Balaban J connectivity index is 1.62. The van der Waals surface area contributed by atoms with E-state index in [0.29, 0.717) is 12.0 Å². The van der Waals surface area contributed by atoms with E-state index in [0.717, 1.165) is 31.9 Å². The van der Waals surface area contributed by atoms with Crippen LogP contribution in [-0.4, -0.2) is 49.6 Å². The van der Waals surface area contributed by atoms with E-state index < -0.39 is 0 Å². The molecule has 3 heteroatoms. The van der Waals surface area contributed by atoms with E-state index in [2.05, 4.69) is 95.7 Å². The van der Waals surface area contributed by atoms with Crippen molar-refractivity contribution in [1.82, 2.24) is 9.80 Å². The molecule has 0 amide bonds. The molecule has 3 nitrogen and oxygen atoms in total. The van der Waals surface area contributed by atoms with Gasteiger partial charge >= 0.3 is 0 Å². The third kappa shape index (κ3) is 4.52. The highest BCUT2D eigenvalue weighted by molar-refractivity contribution is 5.35. The van der Waals surface area contributed by atoms with Crippen LogP contribution in [-0.2, 0) is 6.54 Å². The minimum Gasteiger partial charge on any atom is -0.496 e. The summed E-state index contributed by atoms with van der Waals surface area (Å²) in [6.45, 7) is 4.09. The van der Waals surface area contributed by atoms with Crippen molar-refractivity contribution in [3.8, 4) is 5.75 Å². The lowest BCUT2D eigenvalue weighted by Gasteiger charge is -2.43. The van der Waals surface area contributed by atoms with Crippen LogP contribution in [0.1, 0.15) is 22.6 Å². The Labute approximate surface area is 174 Å². The second-order valence-electron chi connectivity index (χ2n) is 7.89. The Morgan fingerprint density at radius 1 is 0.828 bits per heavy atom. The van der Waals surface area contributed by atoms with Crippen molar-refractivity contribution in [3.05, 3.63) is 102 Å². The number of piperazine rings is 1. The summed E-state index contributed by atoms with van der Waals surface area (Å²) in [4.78, 5) is 5.10. The molecule has 1 heterocycles. The molecule has 1 atom stereocenters. The molecule has 0 aromatic heterocycles. The minimum atomic E-state index is 0.350. The molecule has 0 radical (unpaired) electrons. The van der Waals surface area contributed by atoms with Gasteiger partial charge in [0.05, 0.1) is 7.11 Å². The van der Waals surface area contributed by atoms with Gasteiger partial charge < -0.3 is 4.74 Å². The van der Waals surface area contributed by atoms with Crippen LogP contribution in [0.4, 0.5) is 0 Å². The van der Waals surface area contributed by atoms with Crippen molar-refractivity contribution in [2.45, 2.75) is 18.5 Å². The molecule has 1 aliphatic rings. The van der Waals surface area contributed by atoms with Crippen molar-refractivity contribution >= 4 is 0 Å². The third-order valence-corrected chi connectivity index (χ3v) is 6.07. The average Bonchev–Trinajstić information content (AvgIpc) is 2.78. The van der Waals surface area contributed by atoms with Gasteiger partial charge in [-0.15, -0.1) is 0 Å². The summed E-state index contributed by atoms with van der Waals surface area (Å²) < 4.78 is 5.58. The van der Waals surface area contributed by atoms with Crippen molar-refractivity contribution < 1.29 is 4.74 Å². The lowest BCUT2D eigenvalue weighted by atomic mass is 9.83. The Morgan fingerprint density at radius 3 is 2.03 bits per heavy atom. The van der Waals surface area contributed by atoms with Gasteiger partial charge in [0.2, 0.25) is 0 Å². The smallest absolute Gasteiger partial charge is 0.123 e. The molecule has 3 aromatic carbocycles. The number of rotatable bonds is 6. The molecule has 1 aliphatic heterocycles. The van der Waals surface area contributed by atoms with E-state index in [-0.39, 0.29) is 0 Å². The molecule has 1 saturated heterocycles. The molecule has 0 aliphatic carbocycles. The number of methoxy groups -OCH3 is 1. The van der Waals surface area contributed by atoms with Crippen molar-refractivity contribution in [1.29, 1.82) is 0 Å². The molecular weight excluding hydrogens is 356 g/mol. The zero-order chi connectivity index (χ0) is 20.1. The van der Waals surface area contributed by atoms with Crippen LogP contribution in [0, 0.1) is 0 Å². The predicted octanol–water partition coefficient (Wildman–Crippen LogP) is 4.64. The monoisotopic (exact) mass is 386 g/mol. The Kier molecular flexibility index (Phi) is 6.28. The van der Waals surface area contributed by atoms with E-state index >= 15 is 0 Å². The van der Waals surface area contributed by atoms with E-state index in [1.54, 1.807) is 7.11 Å². The SMILES string of the molecule is COc1ccccc1CN1CCN(C)[C@H](C(c2ccccc2)c2ccccc2)C1. The number of benzene rings is 3. The number of likely N-dealkylation sites (N-methyl/N-ethyl adjacent to an activating group) is 1. The van der Waals surface area contributed by atoms with Gasteiger partial charge in [0, 0.05) is 43.7 Å². The first-order chi connectivity index (χ1) is 14.3. The van der Waals surface area contributed by atoms with Crippen molar-refractivity contribution in [2.24, 2.45) is 0 Å². The van der Waals surface area contributed by atoms with Gasteiger partial charge in [0.1, 0.15) is 5.75 Å². The molecule has 29 heavy (non-hydrogen) atoms. The fourth-order valence-electron chi connectivity index (χ4n) is 4.50. The summed E-state index contributed by atoms with van der Waals surface area (Å²) >= 11 is 0. The van der Waals surface area contributed by atoms with Crippen LogP contribution < -0.4 is 4.74 Å². The Hall–Kier alpha value is -2.62. The summed E-state index contributed by atoms with van der Waals surface area (Å²) in [5.41, 5.74) is 4.03. The molecule has 3 aromatic rings. The number of nitrogens with zero attached hydrogens (tertiary/aromatic N) is 2. The van der Waals surface area contributed by atoms with Crippen LogP contribution >= 0.6 is 0 Å². The fourth-order valence-corrected chi connectivity index (χ4v) is 4.50. The molecule has 0 unspecified atom stereocenters. The summed E-state index contributed by atoms with van der Waals surface area (Å²) in [6, 6.07) is 30.7. The number of para-hydroxylation sites is 1. The normalized spacial score (nSPS) is 18.1. The average molecular weight is 387 g/mol. The van der Waals surface area contributed by atoms with Gasteiger partial charge in [-0.3, -0.25) is 9.80 Å². The molecule has 0 bridgehead atoms. The zero-order valence-corrected chi connectivity index (χ0v) is 17.4. The van der Waals surface area contributed by atoms with Crippen LogP contribution in [0.3, 0.4) is 0 Å². The summed E-state index contributed by atoms with van der Waals surface area (Å²) in [5, 5.41) is 0. The summed E-state index contributed by atoms with van der Waals surface area (Å²) in [5.74, 6) is 1.33. The summed E-state index contributed by atoms with van der Waals surface area (Å²) in [6.07, 6.45) is 0. The third-order valence-electron chi connectivity index (χ3n) is 6.07. The first kappa shape index (κ1) is 19.7. The lowest BCUT2D eigenvalue weighted by molar-refractivity contribution is 0.0810. The van der Waals surface area contributed by atoms with Gasteiger partial charge in [0.15, 0.2) is 0 Å². The Morgan fingerprint density at radius 2 is 1.41 bits per heavy atom. The zero-order valence-electron chi connectivity index (χ0n) is 17.4. The number of hydrogen-bond donors (Lipinski definition) is 0. The molecule has 1 fully saturated rings. The minimum absolute atomic E-state index is 0.350. The van der Waals surface area contributed by atoms with Crippen LogP contribution in [0.5, 0.6) is 5.75 Å². The van der Waals surface area contributed by atoms with Crippen molar-refractivity contribution in [2.75, 3.05) is 33.8 Å². The Bertz CT molecular complexity index is 857. The molecule has 0 spiro atoms. The summed E-state index contributed by atoms with van der Waals surface area (Å²) in [7, 11) is 4.02. The quantitative estimate of drug-likeness (QED) is 0.614. The van der Waals surface area contributed by atoms with E-state index in [1.165, 1.54) is 16.7 Å². The van der Waals surface area contributed by atoms with Gasteiger partial charge in [-0.25, -0.2) is 0 Å². The standard InChI is InChI=1S/C26H30N2O/c1-27-17-18-28(19-23-15-9-10-16-25(23)29-2)20-24(27)26(21-11-5-3-6-12-21)22-13-7-4-8-14-22/h3-16,24,26H,17-20H2,1-2H3/t24-/m0/s1. The van der Waals surface area contributed by atoms with Crippen LogP contribution in [0.2, 0.25) is 0 Å². The van der Waals surface area contributed by atoms with E-state index in [4.69, 9.17) is 4.74 Å². The fraction of sp³-hybridized carbons (Fsp3) is 0.308. The maximum Gasteiger partial charge on any atom is 0.123 e. The highest BCUT2D eigenvalue weighted by Gasteiger charge is 2.33. The topological polar surface area (TPSA) is 15.7 Å². The van der Waals surface area contributed by atoms with Crippen molar-refractivity contribution in [3.63, 3.8) is 0 Å². The van der Waals surface area contributed by atoms with Gasteiger partial charge in [-0.1, -0.05) is 78.9 Å².